The summed E-state index contributed by atoms with van der Waals surface area (Å²) in [5.74, 6) is 1.34. The third-order valence-corrected chi connectivity index (χ3v) is 3.88. The summed E-state index contributed by atoms with van der Waals surface area (Å²) in [5.41, 5.74) is 5.88. The Morgan fingerprint density at radius 3 is 2.29 bits per heavy atom. The van der Waals surface area contributed by atoms with Crippen LogP contribution in [0.3, 0.4) is 0 Å². The number of aromatic nitrogens is 2. The Hall–Kier alpha value is -0.970. The molecule has 0 spiro atoms. The van der Waals surface area contributed by atoms with Gasteiger partial charge in [0.2, 0.25) is 0 Å². The molecule has 1 heterocycles. The van der Waals surface area contributed by atoms with E-state index in [0.717, 1.165) is 25.1 Å². The molecule has 0 saturated heterocycles. The van der Waals surface area contributed by atoms with Gasteiger partial charge in [0.15, 0.2) is 5.16 Å². The van der Waals surface area contributed by atoms with E-state index in [1.807, 2.05) is 6.26 Å². The molecule has 1 aromatic heterocycles. The van der Waals surface area contributed by atoms with Gasteiger partial charge in [-0.2, -0.15) is 0 Å². The molecular formula is C12H22N4S. The third kappa shape index (κ3) is 3.49. The first-order valence-corrected chi connectivity index (χ1v) is 7.28. The number of hydrogen-bond acceptors (Lipinski definition) is 5. The van der Waals surface area contributed by atoms with E-state index in [1.54, 1.807) is 6.07 Å². The minimum absolute atomic E-state index is 0.108. The lowest BCUT2D eigenvalue weighted by atomic mass is 9.90. The normalized spacial score (nSPS) is 11.5. The summed E-state index contributed by atoms with van der Waals surface area (Å²) in [6.45, 7) is 6.58. The van der Waals surface area contributed by atoms with E-state index in [-0.39, 0.29) is 5.54 Å². The molecule has 1 rings (SSSR count). The van der Waals surface area contributed by atoms with Crippen LogP contribution in [0.4, 0.5) is 11.6 Å². The second-order valence-electron chi connectivity index (χ2n) is 4.13. The minimum atomic E-state index is 0.108. The number of nitrogens with zero attached hydrogens (tertiary/aromatic N) is 2. The fourth-order valence-corrected chi connectivity index (χ4v) is 2.27. The Kier molecular flexibility index (Phi) is 5.05. The van der Waals surface area contributed by atoms with E-state index < -0.39 is 0 Å². The van der Waals surface area contributed by atoms with Crippen molar-refractivity contribution >= 4 is 23.4 Å². The van der Waals surface area contributed by atoms with Gasteiger partial charge >= 0.3 is 0 Å². The van der Waals surface area contributed by atoms with Gasteiger partial charge in [0.05, 0.1) is 0 Å². The molecule has 0 aliphatic rings. The summed E-state index contributed by atoms with van der Waals surface area (Å²) in [4.78, 5) is 8.59. The first-order valence-electron chi connectivity index (χ1n) is 6.05. The highest BCUT2D eigenvalue weighted by Crippen LogP contribution is 2.26. The zero-order valence-electron chi connectivity index (χ0n) is 11.1. The maximum absolute atomic E-state index is 5.77. The Morgan fingerprint density at radius 1 is 1.24 bits per heavy atom. The smallest absolute Gasteiger partial charge is 0.191 e. The summed E-state index contributed by atoms with van der Waals surface area (Å²) in [6.07, 6.45) is 5.15. The van der Waals surface area contributed by atoms with Gasteiger partial charge < -0.3 is 11.1 Å². The van der Waals surface area contributed by atoms with E-state index in [9.17, 15) is 0 Å². The highest BCUT2D eigenvalue weighted by molar-refractivity contribution is 7.98. The van der Waals surface area contributed by atoms with Gasteiger partial charge in [0, 0.05) is 11.6 Å². The van der Waals surface area contributed by atoms with Gasteiger partial charge in [-0.05, 0) is 25.5 Å². The predicted octanol–water partition coefficient (Wildman–Crippen LogP) is 3.16. The molecule has 3 N–H and O–H groups in total. The molecule has 4 nitrogen and oxygen atoms in total. The van der Waals surface area contributed by atoms with E-state index in [1.165, 1.54) is 11.8 Å². The van der Waals surface area contributed by atoms with Crippen molar-refractivity contribution in [3.63, 3.8) is 0 Å². The summed E-state index contributed by atoms with van der Waals surface area (Å²) in [6, 6.07) is 1.80. The second kappa shape index (κ2) is 6.10. The second-order valence-corrected chi connectivity index (χ2v) is 4.90. The average molecular weight is 254 g/mol. The number of nitrogens with one attached hydrogen (secondary N) is 1. The maximum atomic E-state index is 5.77. The maximum Gasteiger partial charge on any atom is 0.191 e. The lowest BCUT2D eigenvalue weighted by Gasteiger charge is -2.32. The molecular weight excluding hydrogens is 232 g/mol. The van der Waals surface area contributed by atoms with Crippen LogP contribution in [0.25, 0.3) is 0 Å². The molecule has 5 heteroatoms. The number of hydrogen-bond donors (Lipinski definition) is 2. The molecule has 0 radical (unpaired) electrons. The highest BCUT2D eigenvalue weighted by Gasteiger charge is 2.24. The highest BCUT2D eigenvalue weighted by atomic mass is 32.2. The fraction of sp³-hybridized carbons (Fsp3) is 0.667. The number of thioether (sulfide) groups is 1. The largest absolute Gasteiger partial charge is 0.383 e. The molecule has 0 aliphatic heterocycles. The molecule has 96 valence electrons. The van der Waals surface area contributed by atoms with Gasteiger partial charge in [-0.25, -0.2) is 9.97 Å². The third-order valence-electron chi connectivity index (χ3n) is 3.33. The van der Waals surface area contributed by atoms with Crippen LogP contribution in [-0.4, -0.2) is 21.8 Å². The molecule has 0 aliphatic carbocycles. The van der Waals surface area contributed by atoms with E-state index in [2.05, 4.69) is 36.1 Å². The predicted molar refractivity (Wildman–Crippen MR) is 75.5 cm³/mol. The molecule has 0 saturated carbocycles. The zero-order valence-corrected chi connectivity index (χ0v) is 11.9. The molecule has 0 atom stereocenters. The van der Waals surface area contributed by atoms with E-state index >= 15 is 0 Å². The van der Waals surface area contributed by atoms with Gasteiger partial charge in [-0.1, -0.05) is 32.5 Å². The van der Waals surface area contributed by atoms with Gasteiger partial charge in [-0.3, -0.25) is 0 Å². The Morgan fingerprint density at radius 2 is 1.82 bits per heavy atom. The molecule has 0 amide bonds. The average Bonchev–Trinajstić information content (AvgIpc) is 2.35. The lowest BCUT2D eigenvalue weighted by molar-refractivity contribution is 0.418. The Labute approximate surface area is 108 Å². The monoisotopic (exact) mass is 254 g/mol. The first-order chi connectivity index (χ1) is 8.09. The zero-order chi connectivity index (χ0) is 12.9. The van der Waals surface area contributed by atoms with Crippen molar-refractivity contribution in [3.05, 3.63) is 6.07 Å². The van der Waals surface area contributed by atoms with Crippen molar-refractivity contribution in [2.45, 2.75) is 50.7 Å². The molecule has 0 fully saturated rings. The Bertz CT molecular complexity index is 355. The number of anilines is 2. The van der Waals surface area contributed by atoms with Crippen molar-refractivity contribution < 1.29 is 0 Å². The van der Waals surface area contributed by atoms with Crippen LogP contribution in [0.1, 0.15) is 40.0 Å². The van der Waals surface area contributed by atoms with E-state index in [4.69, 9.17) is 5.73 Å². The summed E-state index contributed by atoms with van der Waals surface area (Å²) in [7, 11) is 0. The molecule has 1 aromatic rings. The molecule has 0 bridgehead atoms. The van der Waals surface area contributed by atoms with Crippen molar-refractivity contribution in [2.24, 2.45) is 0 Å². The first kappa shape index (κ1) is 14.1. The number of nitrogens with two attached hydrogens (primary N) is 1. The fourth-order valence-electron chi connectivity index (χ4n) is 1.89. The SMILES string of the molecule is CCC(CC)(CC)Nc1cc(N)nc(SC)n1. The van der Waals surface area contributed by atoms with Crippen LogP contribution < -0.4 is 11.1 Å². The van der Waals surface area contributed by atoms with E-state index in [0.29, 0.717) is 11.0 Å². The van der Waals surface area contributed by atoms with Gasteiger partial charge in [0.1, 0.15) is 11.6 Å². The van der Waals surface area contributed by atoms with Crippen molar-refractivity contribution in [3.8, 4) is 0 Å². The van der Waals surface area contributed by atoms with Gasteiger partial charge in [0.25, 0.3) is 0 Å². The minimum Gasteiger partial charge on any atom is -0.383 e. The molecule has 17 heavy (non-hydrogen) atoms. The number of rotatable bonds is 6. The number of nitrogen functional groups attached to an aromatic ring is 1. The summed E-state index contributed by atoms with van der Waals surface area (Å²) in [5, 5.41) is 4.23. The van der Waals surface area contributed by atoms with Crippen LogP contribution >= 0.6 is 11.8 Å². The van der Waals surface area contributed by atoms with Crippen LogP contribution in [0.5, 0.6) is 0 Å². The summed E-state index contributed by atoms with van der Waals surface area (Å²) < 4.78 is 0. The molecule has 0 unspecified atom stereocenters. The standard InChI is InChI=1S/C12H22N4S/c1-5-12(6-2,7-3)16-10-8-9(13)14-11(15-10)17-4/h8H,5-7H2,1-4H3,(H3,13,14,15,16). The topological polar surface area (TPSA) is 63.8 Å². The lowest BCUT2D eigenvalue weighted by Crippen LogP contribution is -2.36. The van der Waals surface area contributed by atoms with Crippen molar-refractivity contribution in [2.75, 3.05) is 17.3 Å². The summed E-state index contributed by atoms with van der Waals surface area (Å²) >= 11 is 1.50. The van der Waals surface area contributed by atoms with Crippen LogP contribution in [0, 0.1) is 0 Å². The molecule has 0 aromatic carbocycles. The van der Waals surface area contributed by atoms with Gasteiger partial charge in [-0.15, -0.1) is 0 Å². The van der Waals surface area contributed by atoms with Crippen LogP contribution in [0.15, 0.2) is 11.2 Å². The van der Waals surface area contributed by atoms with Crippen LogP contribution in [-0.2, 0) is 0 Å². The van der Waals surface area contributed by atoms with Crippen molar-refractivity contribution in [1.82, 2.24) is 9.97 Å². The van der Waals surface area contributed by atoms with Crippen molar-refractivity contribution in [1.29, 1.82) is 0 Å². The van der Waals surface area contributed by atoms with Crippen LogP contribution in [0.2, 0.25) is 0 Å². The Balaban J connectivity index is 2.96. The quantitative estimate of drug-likeness (QED) is 0.603.